The summed E-state index contributed by atoms with van der Waals surface area (Å²) in [6.45, 7) is 1.86. The molecular weight excluding hydrogens is 200 g/mol. The van der Waals surface area contributed by atoms with Crippen molar-refractivity contribution in [2.45, 2.75) is 31.8 Å². The van der Waals surface area contributed by atoms with Crippen molar-refractivity contribution in [3.05, 3.63) is 29.8 Å². The number of hydrogen-bond acceptors (Lipinski definition) is 3. The normalized spacial score (nSPS) is 21.1. The molecule has 1 heterocycles. The number of hydrogen-bond donors (Lipinski definition) is 2. The van der Waals surface area contributed by atoms with E-state index in [1.165, 1.54) is 18.5 Å². The van der Waals surface area contributed by atoms with Crippen molar-refractivity contribution >= 4 is 5.69 Å². The third-order valence-electron chi connectivity index (χ3n) is 3.32. The van der Waals surface area contributed by atoms with Gasteiger partial charge in [0.25, 0.3) is 0 Å². The van der Waals surface area contributed by atoms with Crippen molar-refractivity contribution in [2.75, 3.05) is 18.1 Å². The standard InChI is InChI=1S/C13H20N2O/c14-9-11-4-3-6-12(8-11)15-7-2-1-5-13(15)10-16/h3-4,6,8,13,16H,1-2,5,7,9-10,14H2. The van der Waals surface area contributed by atoms with Crippen LogP contribution >= 0.6 is 0 Å². The number of rotatable bonds is 3. The molecular formula is C13H20N2O. The first-order valence-electron chi connectivity index (χ1n) is 6.01. The van der Waals surface area contributed by atoms with Crippen LogP contribution in [0.25, 0.3) is 0 Å². The van der Waals surface area contributed by atoms with E-state index < -0.39 is 0 Å². The van der Waals surface area contributed by atoms with E-state index in [0.29, 0.717) is 6.54 Å². The quantitative estimate of drug-likeness (QED) is 0.811. The Kier molecular flexibility index (Phi) is 3.80. The van der Waals surface area contributed by atoms with Gasteiger partial charge in [0.2, 0.25) is 0 Å². The third-order valence-corrected chi connectivity index (χ3v) is 3.32. The zero-order valence-electron chi connectivity index (χ0n) is 9.60. The maximum atomic E-state index is 9.38. The minimum Gasteiger partial charge on any atom is -0.394 e. The van der Waals surface area contributed by atoms with Gasteiger partial charge in [-0.1, -0.05) is 12.1 Å². The van der Waals surface area contributed by atoms with Crippen LogP contribution in [-0.2, 0) is 6.54 Å². The predicted molar refractivity (Wildman–Crippen MR) is 66.4 cm³/mol. The monoisotopic (exact) mass is 220 g/mol. The second-order valence-electron chi connectivity index (χ2n) is 4.40. The lowest BCUT2D eigenvalue weighted by molar-refractivity contribution is 0.240. The molecule has 0 saturated carbocycles. The Bertz CT molecular complexity index is 340. The minimum absolute atomic E-state index is 0.243. The van der Waals surface area contributed by atoms with Crippen LogP contribution in [0.1, 0.15) is 24.8 Å². The molecule has 3 nitrogen and oxygen atoms in total. The fourth-order valence-electron chi connectivity index (χ4n) is 2.39. The largest absolute Gasteiger partial charge is 0.394 e. The minimum atomic E-state index is 0.243. The lowest BCUT2D eigenvalue weighted by atomic mass is 10.0. The third kappa shape index (κ3) is 2.36. The number of nitrogens with two attached hydrogens (primary N) is 1. The van der Waals surface area contributed by atoms with Gasteiger partial charge in [0.15, 0.2) is 0 Å². The van der Waals surface area contributed by atoms with E-state index in [-0.39, 0.29) is 12.6 Å². The predicted octanol–water partition coefficient (Wildman–Crippen LogP) is 1.50. The molecule has 0 amide bonds. The van der Waals surface area contributed by atoms with Gasteiger partial charge in [0, 0.05) is 18.8 Å². The number of piperidine rings is 1. The highest BCUT2D eigenvalue weighted by Gasteiger charge is 2.21. The van der Waals surface area contributed by atoms with E-state index >= 15 is 0 Å². The fraction of sp³-hybridized carbons (Fsp3) is 0.538. The van der Waals surface area contributed by atoms with E-state index in [9.17, 15) is 5.11 Å². The van der Waals surface area contributed by atoms with E-state index in [0.717, 1.165) is 18.5 Å². The van der Waals surface area contributed by atoms with Crippen LogP contribution in [0, 0.1) is 0 Å². The second-order valence-corrected chi connectivity index (χ2v) is 4.40. The molecule has 0 radical (unpaired) electrons. The molecule has 0 bridgehead atoms. The highest BCUT2D eigenvalue weighted by Crippen LogP contribution is 2.25. The number of nitrogens with zero attached hydrogens (tertiary/aromatic N) is 1. The first-order valence-corrected chi connectivity index (χ1v) is 6.01. The summed E-state index contributed by atoms with van der Waals surface area (Å²) in [6.07, 6.45) is 3.52. The molecule has 88 valence electrons. The summed E-state index contributed by atoms with van der Waals surface area (Å²) in [7, 11) is 0. The van der Waals surface area contributed by atoms with Gasteiger partial charge in [0.1, 0.15) is 0 Å². The molecule has 1 aliphatic heterocycles. The maximum absolute atomic E-state index is 9.38. The second kappa shape index (κ2) is 5.32. The fourth-order valence-corrected chi connectivity index (χ4v) is 2.39. The van der Waals surface area contributed by atoms with Gasteiger partial charge in [-0.25, -0.2) is 0 Å². The molecule has 1 atom stereocenters. The molecule has 0 spiro atoms. The van der Waals surface area contributed by atoms with E-state index in [1.807, 2.05) is 12.1 Å². The first kappa shape index (κ1) is 11.4. The van der Waals surface area contributed by atoms with Crippen molar-refractivity contribution < 1.29 is 5.11 Å². The molecule has 1 aromatic carbocycles. The Labute approximate surface area is 96.9 Å². The lowest BCUT2D eigenvalue weighted by Gasteiger charge is -2.36. The summed E-state index contributed by atoms with van der Waals surface area (Å²) in [4.78, 5) is 2.31. The Balaban J connectivity index is 2.20. The van der Waals surface area contributed by atoms with E-state index in [2.05, 4.69) is 17.0 Å². The maximum Gasteiger partial charge on any atom is 0.0635 e. The van der Waals surface area contributed by atoms with Gasteiger partial charge in [0.05, 0.1) is 12.6 Å². The van der Waals surface area contributed by atoms with Crippen LogP contribution in [0.2, 0.25) is 0 Å². The molecule has 16 heavy (non-hydrogen) atoms. The van der Waals surface area contributed by atoms with Gasteiger partial charge in [-0.2, -0.15) is 0 Å². The van der Waals surface area contributed by atoms with Gasteiger partial charge in [-0.05, 0) is 37.0 Å². The molecule has 3 heteroatoms. The summed E-state index contributed by atoms with van der Waals surface area (Å²) in [5.74, 6) is 0. The number of aliphatic hydroxyl groups excluding tert-OH is 1. The summed E-state index contributed by atoms with van der Waals surface area (Å²) < 4.78 is 0. The number of aliphatic hydroxyl groups is 1. The van der Waals surface area contributed by atoms with Crippen LogP contribution < -0.4 is 10.6 Å². The van der Waals surface area contributed by atoms with Gasteiger partial charge >= 0.3 is 0 Å². The van der Waals surface area contributed by atoms with Gasteiger partial charge in [-0.3, -0.25) is 0 Å². The van der Waals surface area contributed by atoms with E-state index in [1.54, 1.807) is 0 Å². The molecule has 0 aromatic heterocycles. The first-order chi connectivity index (χ1) is 7.85. The van der Waals surface area contributed by atoms with Crippen LogP contribution in [0.5, 0.6) is 0 Å². The Morgan fingerprint density at radius 1 is 1.38 bits per heavy atom. The van der Waals surface area contributed by atoms with Crippen LogP contribution in [-0.4, -0.2) is 24.3 Å². The Morgan fingerprint density at radius 2 is 2.25 bits per heavy atom. The molecule has 1 aliphatic rings. The highest BCUT2D eigenvalue weighted by molar-refractivity contribution is 5.50. The topological polar surface area (TPSA) is 49.5 Å². The molecule has 0 aliphatic carbocycles. The molecule has 1 saturated heterocycles. The number of anilines is 1. The lowest BCUT2D eigenvalue weighted by Crippen LogP contribution is -2.41. The molecule has 1 unspecified atom stereocenters. The average Bonchev–Trinajstić information content (AvgIpc) is 2.38. The zero-order valence-corrected chi connectivity index (χ0v) is 9.60. The highest BCUT2D eigenvalue weighted by atomic mass is 16.3. The van der Waals surface area contributed by atoms with Crippen molar-refractivity contribution in [3.63, 3.8) is 0 Å². The zero-order chi connectivity index (χ0) is 11.4. The number of benzene rings is 1. The molecule has 1 fully saturated rings. The summed E-state index contributed by atoms with van der Waals surface area (Å²) in [6, 6.07) is 8.60. The van der Waals surface area contributed by atoms with Crippen molar-refractivity contribution in [3.8, 4) is 0 Å². The van der Waals surface area contributed by atoms with Crippen LogP contribution in [0.15, 0.2) is 24.3 Å². The average molecular weight is 220 g/mol. The van der Waals surface area contributed by atoms with Crippen LogP contribution in [0.3, 0.4) is 0 Å². The van der Waals surface area contributed by atoms with Crippen molar-refractivity contribution in [2.24, 2.45) is 5.73 Å². The molecule has 2 rings (SSSR count). The summed E-state index contributed by atoms with van der Waals surface area (Å²) >= 11 is 0. The Morgan fingerprint density at radius 3 is 3.00 bits per heavy atom. The molecule has 1 aromatic rings. The van der Waals surface area contributed by atoms with Crippen LogP contribution in [0.4, 0.5) is 5.69 Å². The summed E-state index contributed by atoms with van der Waals surface area (Å²) in [5, 5.41) is 9.38. The van der Waals surface area contributed by atoms with Gasteiger partial charge < -0.3 is 15.7 Å². The van der Waals surface area contributed by atoms with Gasteiger partial charge in [-0.15, -0.1) is 0 Å². The molecule has 3 N–H and O–H groups in total. The SMILES string of the molecule is NCc1cccc(N2CCCCC2CO)c1. The van der Waals surface area contributed by atoms with Crippen molar-refractivity contribution in [1.29, 1.82) is 0 Å². The smallest absolute Gasteiger partial charge is 0.0635 e. The Hall–Kier alpha value is -1.06. The van der Waals surface area contributed by atoms with Crippen molar-refractivity contribution in [1.82, 2.24) is 0 Å². The van der Waals surface area contributed by atoms with E-state index in [4.69, 9.17) is 5.73 Å². The summed E-state index contributed by atoms with van der Waals surface area (Å²) in [5.41, 5.74) is 8.00.